The molecule has 3 aliphatic rings. The molecule has 4 unspecified atom stereocenters. The highest BCUT2D eigenvalue weighted by Crippen LogP contribution is 2.51. The number of imide groups is 1. The molecule has 2 amide bonds. The van der Waals surface area contributed by atoms with Crippen LogP contribution in [0.25, 0.3) is 0 Å². The van der Waals surface area contributed by atoms with Crippen LogP contribution in [-0.4, -0.2) is 33.8 Å². The predicted molar refractivity (Wildman–Crippen MR) is 70.6 cm³/mol. The van der Waals surface area contributed by atoms with Gasteiger partial charge in [0.2, 0.25) is 11.8 Å². The van der Waals surface area contributed by atoms with Crippen molar-refractivity contribution >= 4 is 17.8 Å². The zero-order valence-electron chi connectivity index (χ0n) is 12.0. The van der Waals surface area contributed by atoms with Crippen LogP contribution in [0.1, 0.15) is 46.0 Å². The van der Waals surface area contributed by atoms with Crippen LogP contribution in [0.2, 0.25) is 0 Å². The van der Waals surface area contributed by atoms with Gasteiger partial charge in [0.1, 0.15) is 0 Å². The number of hydrogen-bond acceptors (Lipinski definition) is 3. The number of rotatable bonds is 2. The number of carbonyl (C=O) groups excluding carboxylic acids is 2. The fraction of sp³-hybridized carbons (Fsp3) is 0.800. The molecule has 0 aromatic rings. The van der Waals surface area contributed by atoms with E-state index in [1.165, 1.54) is 4.90 Å². The van der Waals surface area contributed by atoms with Crippen molar-refractivity contribution in [2.24, 2.45) is 23.2 Å². The quantitative estimate of drug-likeness (QED) is 0.780. The molecule has 0 radical (unpaired) electrons. The second kappa shape index (κ2) is 4.30. The molecular formula is C15H21NO4. The van der Waals surface area contributed by atoms with Crippen LogP contribution in [0.3, 0.4) is 0 Å². The van der Waals surface area contributed by atoms with Crippen molar-refractivity contribution < 1.29 is 19.5 Å². The summed E-state index contributed by atoms with van der Waals surface area (Å²) in [6.45, 7) is 3.82. The van der Waals surface area contributed by atoms with E-state index in [-0.39, 0.29) is 29.1 Å². The van der Waals surface area contributed by atoms with Gasteiger partial charge in [-0.05, 0) is 36.5 Å². The molecule has 2 saturated carbocycles. The van der Waals surface area contributed by atoms with Gasteiger partial charge >= 0.3 is 5.97 Å². The summed E-state index contributed by atoms with van der Waals surface area (Å²) in [4.78, 5) is 37.6. The summed E-state index contributed by atoms with van der Waals surface area (Å²) in [6, 6.07) is -0.401. The summed E-state index contributed by atoms with van der Waals surface area (Å²) >= 11 is 0. The lowest BCUT2D eigenvalue weighted by Crippen LogP contribution is -2.56. The van der Waals surface area contributed by atoms with Gasteiger partial charge in [0.05, 0.1) is 12.0 Å². The van der Waals surface area contributed by atoms with Crippen molar-refractivity contribution in [3.05, 3.63) is 0 Å². The van der Waals surface area contributed by atoms with Gasteiger partial charge in [-0.15, -0.1) is 0 Å². The number of fused-ring (bicyclic) bond motifs is 2. The molecule has 3 fully saturated rings. The highest BCUT2D eigenvalue weighted by Gasteiger charge is 2.56. The number of carboxylic acid groups (broad SMARTS) is 1. The molecule has 110 valence electrons. The van der Waals surface area contributed by atoms with Crippen molar-refractivity contribution in [3.63, 3.8) is 0 Å². The minimum Gasteiger partial charge on any atom is -0.481 e. The zero-order chi connectivity index (χ0) is 14.7. The number of carboxylic acids is 1. The van der Waals surface area contributed by atoms with Gasteiger partial charge in [0, 0.05) is 12.8 Å². The van der Waals surface area contributed by atoms with Crippen molar-refractivity contribution in [2.75, 3.05) is 0 Å². The van der Waals surface area contributed by atoms with Crippen LogP contribution in [-0.2, 0) is 14.4 Å². The van der Waals surface area contributed by atoms with Crippen LogP contribution in [0.5, 0.6) is 0 Å². The Hall–Kier alpha value is -1.39. The minimum absolute atomic E-state index is 0.137. The third kappa shape index (κ3) is 1.95. The van der Waals surface area contributed by atoms with E-state index in [0.29, 0.717) is 12.8 Å². The lowest BCUT2D eigenvalue weighted by molar-refractivity contribution is -0.161. The Morgan fingerprint density at radius 1 is 1.15 bits per heavy atom. The monoisotopic (exact) mass is 279 g/mol. The van der Waals surface area contributed by atoms with Gasteiger partial charge in [0.15, 0.2) is 0 Å². The van der Waals surface area contributed by atoms with Crippen LogP contribution >= 0.6 is 0 Å². The lowest BCUT2D eigenvalue weighted by atomic mass is 9.78. The summed E-state index contributed by atoms with van der Waals surface area (Å²) in [7, 11) is 0. The fourth-order valence-corrected chi connectivity index (χ4v) is 4.50. The molecule has 1 heterocycles. The maximum Gasteiger partial charge on any atom is 0.308 e. The van der Waals surface area contributed by atoms with Gasteiger partial charge in [-0.3, -0.25) is 19.3 Å². The molecule has 2 aliphatic carbocycles. The number of hydrogen-bond donors (Lipinski definition) is 1. The van der Waals surface area contributed by atoms with E-state index in [0.717, 1.165) is 19.3 Å². The smallest absolute Gasteiger partial charge is 0.308 e. The van der Waals surface area contributed by atoms with Crippen molar-refractivity contribution in [2.45, 2.75) is 52.0 Å². The molecule has 1 saturated heterocycles. The Labute approximate surface area is 118 Å². The first-order valence-corrected chi connectivity index (χ1v) is 7.38. The SMILES string of the molecule is CC1(C)CC(=O)N(C2C3CCC(C3)C2C(=O)O)C(=O)C1. The number of likely N-dealkylation sites (tertiary alicyclic amines) is 1. The molecule has 0 spiro atoms. The molecule has 1 N–H and O–H groups in total. The van der Waals surface area contributed by atoms with Crippen LogP contribution < -0.4 is 0 Å². The fourth-order valence-electron chi connectivity index (χ4n) is 4.50. The van der Waals surface area contributed by atoms with Crippen molar-refractivity contribution in [1.29, 1.82) is 0 Å². The second-order valence-corrected chi connectivity index (χ2v) is 7.36. The molecular weight excluding hydrogens is 258 g/mol. The number of piperidine rings is 1. The van der Waals surface area contributed by atoms with E-state index in [1.54, 1.807) is 0 Å². The summed E-state index contributed by atoms with van der Waals surface area (Å²) in [5, 5.41) is 9.46. The highest BCUT2D eigenvalue weighted by atomic mass is 16.4. The maximum absolute atomic E-state index is 12.4. The first kappa shape index (κ1) is 13.6. The van der Waals surface area contributed by atoms with Crippen LogP contribution in [0, 0.1) is 23.2 Å². The van der Waals surface area contributed by atoms with Gasteiger partial charge in [-0.2, -0.15) is 0 Å². The highest BCUT2D eigenvalue weighted by molar-refractivity contribution is 5.99. The van der Waals surface area contributed by atoms with Crippen LogP contribution in [0.15, 0.2) is 0 Å². The largest absolute Gasteiger partial charge is 0.481 e. The standard InChI is InChI=1S/C15H21NO4/c1-15(2)6-10(17)16(11(18)7-15)13-9-4-3-8(5-9)12(13)14(19)20/h8-9,12-13H,3-7H2,1-2H3,(H,19,20). The van der Waals surface area contributed by atoms with E-state index in [2.05, 4.69) is 0 Å². The lowest BCUT2D eigenvalue weighted by Gasteiger charge is -2.42. The Morgan fingerprint density at radius 2 is 1.70 bits per heavy atom. The molecule has 5 nitrogen and oxygen atoms in total. The van der Waals surface area contributed by atoms with Gasteiger partial charge in [0.25, 0.3) is 0 Å². The molecule has 0 aromatic heterocycles. The zero-order valence-corrected chi connectivity index (χ0v) is 12.0. The summed E-state index contributed by atoms with van der Waals surface area (Å²) in [5.74, 6) is -1.45. The molecule has 3 rings (SSSR count). The third-order valence-electron chi connectivity index (χ3n) is 5.25. The Morgan fingerprint density at radius 3 is 2.25 bits per heavy atom. The van der Waals surface area contributed by atoms with E-state index in [4.69, 9.17) is 0 Å². The second-order valence-electron chi connectivity index (χ2n) is 7.36. The minimum atomic E-state index is -0.854. The van der Waals surface area contributed by atoms with E-state index in [9.17, 15) is 19.5 Å². The number of amides is 2. The number of carbonyl (C=O) groups is 3. The van der Waals surface area contributed by atoms with Crippen LogP contribution in [0.4, 0.5) is 0 Å². The predicted octanol–water partition coefficient (Wildman–Crippen LogP) is 1.66. The molecule has 5 heteroatoms. The maximum atomic E-state index is 12.4. The van der Waals surface area contributed by atoms with E-state index in [1.807, 2.05) is 13.8 Å². The Balaban J connectivity index is 1.90. The molecule has 2 bridgehead atoms. The average molecular weight is 279 g/mol. The van der Waals surface area contributed by atoms with Crippen molar-refractivity contribution in [3.8, 4) is 0 Å². The molecule has 1 aliphatic heterocycles. The first-order valence-electron chi connectivity index (χ1n) is 7.38. The average Bonchev–Trinajstić information content (AvgIpc) is 2.85. The molecule has 0 aromatic carbocycles. The molecule has 20 heavy (non-hydrogen) atoms. The molecule has 4 atom stereocenters. The third-order valence-corrected chi connectivity index (χ3v) is 5.25. The summed E-state index contributed by atoms with van der Waals surface area (Å²) in [6.07, 6.45) is 3.37. The van der Waals surface area contributed by atoms with E-state index >= 15 is 0 Å². The van der Waals surface area contributed by atoms with Gasteiger partial charge < -0.3 is 5.11 Å². The number of aliphatic carboxylic acids is 1. The normalized spacial score (nSPS) is 39.4. The Bertz CT molecular complexity index is 464. The number of nitrogens with zero attached hydrogens (tertiary/aromatic N) is 1. The van der Waals surface area contributed by atoms with Gasteiger partial charge in [-0.1, -0.05) is 13.8 Å². The first-order chi connectivity index (χ1) is 9.30. The van der Waals surface area contributed by atoms with Gasteiger partial charge in [-0.25, -0.2) is 0 Å². The Kier molecular flexibility index (Phi) is 2.92. The summed E-state index contributed by atoms with van der Waals surface area (Å²) in [5.41, 5.74) is -0.305. The van der Waals surface area contributed by atoms with E-state index < -0.39 is 17.9 Å². The topological polar surface area (TPSA) is 74.7 Å². The summed E-state index contributed by atoms with van der Waals surface area (Å²) < 4.78 is 0. The van der Waals surface area contributed by atoms with Crippen molar-refractivity contribution in [1.82, 2.24) is 4.90 Å².